The van der Waals surface area contributed by atoms with Crippen LogP contribution in [0, 0.1) is 0 Å². The van der Waals surface area contributed by atoms with Crippen LogP contribution >= 0.6 is 11.5 Å². The average molecular weight is 265 g/mol. The first kappa shape index (κ1) is 11.7. The SMILES string of the molecule is CCCc1nnsc1-c1nc(CNC2CC2)no1. The topological polar surface area (TPSA) is 76.7 Å². The van der Waals surface area contributed by atoms with Gasteiger partial charge in [0.1, 0.15) is 4.88 Å². The fourth-order valence-electron chi connectivity index (χ4n) is 1.71. The van der Waals surface area contributed by atoms with Crippen LogP contribution in [-0.4, -0.2) is 25.8 Å². The highest BCUT2D eigenvalue weighted by Crippen LogP contribution is 2.25. The van der Waals surface area contributed by atoms with Gasteiger partial charge in [0.05, 0.1) is 12.2 Å². The Kier molecular flexibility index (Phi) is 3.33. The molecule has 0 spiro atoms. The number of rotatable bonds is 6. The molecule has 0 radical (unpaired) electrons. The number of hydrogen-bond acceptors (Lipinski definition) is 7. The lowest BCUT2D eigenvalue weighted by Gasteiger charge is -1.95. The quantitative estimate of drug-likeness (QED) is 0.858. The van der Waals surface area contributed by atoms with Gasteiger partial charge in [-0.25, -0.2) is 0 Å². The maximum absolute atomic E-state index is 5.28. The zero-order valence-electron chi connectivity index (χ0n) is 10.2. The van der Waals surface area contributed by atoms with Crippen molar-refractivity contribution in [1.29, 1.82) is 0 Å². The summed E-state index contributed by atoms with van der Waals surface area (Å²) < 4.78 is 9.24. The molecular weight excluding hydrogens is 250 g/mol. The Morgan fingerprint density at radius 2 is 2.33 bits per heavy atom. The van der Waals surface area contributed by atoms with E-state index in [4.69, 9.17) is 4.52 Å². The minimum Gasteiger partial charge on any atom is -0.333 e. The van der Waals surface area contributed by atoms with E-state index in [9.17, 15) is 0 Å². The van der Waals surface area contributed by atoms with Crippen molar-refractivity contribution in [2.24, 2.45) is 0 Å². The van der Waals surface area contributed by atoms with Crippen LogP contribution in [0.3, 0.4) is 0 Å². The Hall–Kier alpha value is -1.34. The van der Waals surface area contributed by atoms with Crippen LogP contribution in [0.15, 0.2) is 4.52 Å². The summed E-state index contributed by atoms with van der Waals surface area (Å²) in [5.74, 6) is 1.24. The van der Waals surface area contributed by atoms with Crippen molar-refractivity contribution < 1.29 is 4.52 Å². The van der Waals surface area contributed by atoms with E-state index in [0.717, 1.165) is 23.4 Å². The van der Waals surface area contributed by atoms with Crippen molar-refractivity contribution in [3.05, 3.63) is 11.5 Å². The second-order valence-electron chi connectivity index (χ2n) is 4.47. The summed E-state index contributed by atoms with van der Waals surface area (Å²) in [5, 5.41) is 11.4. The van der Waals surface area contributed by atoms with Crippen LogP contribution in [0.25, 0.3) is 10.8 Å². The molecule has 0 aliphatic heterocycles. The Labute approximate surface area is 109 Å². The van der Waals surface area contributed by atoms with Gasteiger partial charge >= 0.3 is 0 Å². The normalized spacial score (nSPS) is 15.2. The summed E-state index contributed by atoms with van der Waals surface area (Å²) in [6.45, 7) is 2.78. The monoisotopic (exact) mass is 265 g/mol. The third-order valence-corrected chi connectivity index (χ3v) is 3.59. The predicted octanol–water partition coefficient (Wildman–Crippen LogP) is 1.79. The molecule has 1 aliphatic rings. The lowest BCUT2D eigenvalue weighted by molar-refractivity contribution is 0.419. The fourth-order valence-corrected chi connectivity index (χ4v) is 2.34. The first-order chi connectivity index (χ1) is 8.86. The molecule has 2 heterocycles. The first-order valence-corrected chi connectivity index (χ1v) is 7.01. The summed E-state index contributed by atoms with van der Waals surface area (Å²) >= 11 is 1.31. The number of aryl methyl sites for hydroxylation is 1. The van der Waals surface area contributed by atoms with Crippen LogP contribution in [0.1, 0.15) is 37.7 Å². The van der Waals surface area contributed by atoms with E-state index in [0.29, 0.717) is 24.3 Å². The molecule has 3 rings (SSSR count). The Morgan fingerprint density at radius 1 is 1.44 bits per heavy atom. The molecule has 0 saturated heterocycles. The average Bonchev–Trinajstić information content (AvgIpc) is 2.89. The van der Waals surface area contributed by atoms with Gasteiger partial charge < -0.3 is 9.84 Å². The van der Waals surface area contributed by atoms with Gasteiger partial charge in [-0.1, -0.05) is 23.0 Å². The molecule has 0 unspecified atom stereocenters. The number of aromatic nitrogens is 4. The van der Waals surface area contributed by atoms with Gasteiger partial charge in [0.15, 0.2) is 5.82 Å². The molecule has 6 nitrogen and oxygen atoms in total. The van der Waals surface area contributed by atoms with E-state index in [-0.39, 0.29) is 0 Å². The Balaban J connectivity index is 1.72. The Morgan fingerprint density at radius 3 is 3.11 bits per heavy atom. The van der Waals surface area contributed by atoms with Gasteiger partial charge in [0.2, 0.25) is 0 Å². The van der Waals surface area contributed by atoms with E-state index in [1.165, 1.54) is 24.4 Å². The molecule has 1 N–H and O–H groups in total. The van der Waals surface area contributed by atoms with Crippen molar-refractivity contribution >= 4 is 11.5 Å². The smallest absolute Gasteiger partial charge is 0.271 e. The van der Waals surface area contributed by atoms with Crippen molar-refractivity contribution in [1.82, 2.24) is 25.0 Å². The molecule has 96 valence electrons. The van der Waals surface area contributed by atoms with E-state index >= 15 is 0 Å². The highest BCUT2D eigenvalue weighted by molar-refractivity contribution is 7.09. The minimum absolute atomic E-state index is 0.543. The lowest BCUT2D eigenvalue weighted by atomic mass is 10.2. The zero-order valence-corrected chi connectivity index (χ0v) is 11.0. The van der Waals surface area contributed by atoms with Crippen LogP contribution in [-0.2, 0) is 13.0 Å². The summed E-state index contributed by atoms with van der Waals surface area (Å²) in [5.41, 5.74) is 0.952. The summed E-state index contributed by atoms with van der Waals surface area (Å²) in [4.78, 5) is 5.29. The molecule has 18 heavy (non-hydrogen) atoms. The largest absolute Gasteiger partial charge is 0.333 e. The summed E-state index contributed by atoms with van der Waals surface area (Å²) in [6, 6.07) is 0.646. The molecule has 1 saturated carbocycles. The predicted molar refractivity (Wildman–Crippen MR) is 67.1 cm³/mol. The van der Waals surface area contributed by atoms with Crippen LogP contribution in [0.5, 0.6) is 0 Å². The van der Waals surface area contributed by atoms with Crippen molar-refractivity contribution in [3.8, 4) is 10.8 Å². The second kappa shape index (κ2) is 5.11. The molecule has 0 atom stereocenters. The third-order valence-electron chi connectivity index (χ3n) is 2.83. The summed E-state index contributed by atoms with van der Waals surface area (Å²) in [7, 11) is 0. The van der Waals surface area contributed by atoms with Gasteiger partial charge in [0, 0.05) is 6.04 Å². The van der Waals surface area contributed by atoms with Crippen molar-refractivity contribution in [3.63, 3.8) is 0 Å². The van der Waals surface area contributed by atoms with Gasteiger partial charge in [-0.2, -0.15) is 4.98 Å². The molecule has 0 aromatic carbocycles. The Bertz CT molecular complexity index is 519. The third kappa shape index (κ3) is 2.56. The standard InChI is InChI=1S/C11H15N5OS/c1-2-3-8-10(18-16-14-8)11-13-9(15-17-11)6-12-7-4-5-7/h7,12H,2-6H2,1H3. The second-order valence-corrected chi connectivity index (χ2v) is 5.22. The highest BCUT2D eigenvalue weighted by Gasteiger charge is 2.22. The van der Waals surface area contributed by atoms with E-state index in [1.807, 2.05) is 0 Å². The number of nitrogens with zero attached hydrogens (tertiary/aromatic N) is 4. The molecule has 0 bridgehead atoms. The van der Waals surface area contributed by atoms with Crippen molar-refractivity contribution in [2.75, 3.05) is 0 Å². The van der Waals surface area contributed by atoms with E-state index in [1.54, 1.807) is 0 Å². The minimum atomic E-state index is 0.543. The highest BCUT2D eigenvalue weighted by atomic mass is 32.1. The molecule has 7 heteroatoms. The zero-order chi connectivity index (χ0) is 12.4. The van der Waals surface area contributed by atoms with Crippen LogP contribution < -0.4 is 5.32 Å². The summed E-state index contributed by atoms with van der Waals surface area (Å²) in [6.07, 6.45) is 4.43. The van der Waals surface area contributed by atoms with Crippen LogP contribution in [0.4, 0.5) is 0 Å². The van der Waals surface area contributed by atoms with Crippen molar-refractivity contribution in [2.45, 2.75) is 45.2 Å². The van der Waals surface area contributed by atoms with E-state index < -0.39 is 0 Å². The number of hydrogen-bond donors (Lipinski definition) is 1. The number of nitrogens with one attached hydrogen (secondary N) is 1. The lowest BCUT2D eigenvalue weighted by Crippen LogP contribution is -2.16. The molecular formula is C11H15N5OS. The first-order valence-electron chi connectivity index (χ1n) is 6.24. The maximum atomic E-state index is 5.28. The van der Waals surface area contributed by atoms with Gasteiger partial charge in [-0.3, -0.25) is 0 Å². The maximum Gasteiger partial charge on any atom is 0.271 e. The fraction of sp³-hybridized carbons (Fsp3) is 0.636. The van der Waals surface area contributed by atoms with Gasteiger partial charge in [-0.05, 0) is 30.8 Å². The van der Waals surface area contributed by atoms with Gasteiger partial charge in [-0.15, -0.1) is 5.10 Å². The molecule has 2 aromatic heterocycles. The molecule has 1 aliphatic carbocycles. The molecule has 1 fully saturated rings. The molecule has 0 amide bonds. The van der Waals surface area contributed by atoms with E-state index in [2.05, 4.69) is 32.0 Å². The van der Waals surface area contributed by atoms with Gasteiger partial charge in [0.25, 0.3) is 5.89 Å². The van der Waals surface area contributed by atoms with Crippen LogP contribution in [0.2, 0.25) is 0 Å². The molecule has 2 aromatic rings.